The molecular weight excluding hydrogens is 318 g/mol. The summed E-state index contributed by atoms with van der Waals surface area (Å²) in [5.74, 6) is 0.968. The predicted molar refractivity (Wildman–Crippen MR) is 89.5 cm³/mol. The Balaban J connectivity index is 1.79. The van der Waals surface area contributed by atoms with Crippen LogP contribution in [-0.2, 0) is 11.8 Å². The second-order valence-electron chi connectivity index (χ2n) is 4.82. The molecule has 1 aromatic carbocycles. The monoisotopic (exact) mass is 329 g/mol. The van der Waals surface area contributed by atoms with Gasteiger partial charge >= 0.3 is 0 Å². The molecular formula is C14H11N5OS2. The Kier molecular flexibility index (Phi) is 3.02. The molecule has 1 aliphatic rings. The van der Waals surface area contributed by atoms with E-state index in [0.717, 1.165) is 22.6 Å². The Morgan fingerprint density at radius 1 is 1.27 bits per heavy atom. The largest absolute Gasteiger partial charge is 0.326 e. The van der Waals surface area contributed by atoms with Crippen LogP contribution in [0.4, 0.5) is 5.13 Å². The molecule has 3 heterocycles. The second kappa shape index (κ2) is 4.92. The molecule has 0 saturated carbocycles. The number of thioether (sulfide) groups is 1. The molecule has 1 N–H and O–H groups in total. The Labute approximate surface area is 134 Å². The van der Waals surface area contributed by atoms with Gasteiger partial charge in [0.1, 0.15) is 5.69 Å². The van der Waals surface area contributed by atoms with Gasteiger partial charge in [0.05, 0.1) is 16.8 Å². The van der Waals surface area contributed by atoms with Gasteiger partial charge in [-0.2, -0.15) is 0 Å². The third kappa shape index (κ3) is 1.95. The molecule has 1 saturated heterocycles. The molecule has 2 aromatic heterocycles. The van der Waals surface area contributed by atoms with Crippen LogP contribution >= 0.6 is 23.1 Å². The van der Waals surface area contributed by atoms with Crippen molar-refractivity contribution >= 4 is 50.3 Å². The van der Waals surface area contributed by atoms with Crippen LogP contribution in [0, 0.1) is 5.41 Å². The zero-order chi connectivity index (χ0) is 15.3. The van der Waals surface area contributed by atoms with Crippen molar-refractivity contribution in [2.24, 2.45) is 7.05 Å². The maximum atomic E-state index is 11.8. The van der Waals surface area contributed by atoms with Crippen LogP contribution in [0.15, 0.2) is 29.6 Å². The number of hydrogen-bond donors (Lipinski definition) is 1. The molecule has 1 fully saturated rings. The third-order valence-corrected chi connectivity index (χ3v) is 5.16. The van der Waals surface area contributed by atoms with Gasteiger partial charge in [-0.3, -0.25) is 10.2 Å². The number of carbonyl (C=O) groups excluding carboxylic acids is 1. The fourth-order valence-electron chi connectivity index (χ4n) is 2.41. The first-order valence-electron chi connectivity index (χ1n) is 6.57. The number of imidazole rings is 1. The summed E-state index contributed by atoms with van der Waals surface area (Å²) in [6.07, 6.45) is 0. The lowest BCUT2D eigenvalue weighted by molar-refractivity contribution is -0.115. The van der Waals surface area contributed by atoms with Crippen molar-refractivity contribution in [3.63, 3.8) is 0 Å². The third-order valence-electron chi connectivity index (χ3n) is 3.48. The quantitative estimate of drug-likeness (QED) is 0.784. The van der Waals surface area contributed by atoms with Gasteiger partial charge in [0, 0.05) is 12.4 Å². The summed E-state index contributed by atoms with van der Waals surface area (Å²) < 4.78 is 1.99. The van der Waals surface area contributed by atoms with Crippen molar-refractivity contribution in [2.45, 2.75) is 0 Å². The van der Waals surface area contributed by atoms with Crippen molar-refractivity contribution in [1.82, 2.24) is 14.5 Å². The highest BCUT2D eigenvalue weighted by molar-refractivity contribution is 8.15. The number of aromatic nitrogens is 3. The first-order valence-corrected chi connectivity index (χ1v) is 8.43. The van der Waals surface area contributed by atoms with Gasteiger partial charge in [-0.15, -0.1) is 11.3 Å². The molecule has 4 rings (SSSR count). The fraction of sp³-hybridized carbons (Fsp3) is 0.143. The lowest BCUT2D eigenvalue weighted by atomic mass is 10.3. The molecule has 0 atom stereocenters. The lowest BCUT2D eigenvalue weighted by Crippen LogP contribution is -2.28. The predicted octanol–water partition coefficient (Wildman–Crippen LogP) is 2.71. The minimum absolute atomic E-state index is 0.0964. The molecule has 1 amide bonds. The molecule has 110 valence electrons. The number of anilines is 1. The maximum absolute atomic E-state index is 11.8. The van der Waals surface area contributed by atoms with Crippen LogP contribution in [0.2, 0.25) is 0 Å². The minimum atomic E-state index is -0.0964. The van der Waals surface area contributed by atoms with E-state index >= 15 is 0 Å². The molecule has 6 nitrogen and oxygen atoms in total. The standard InChI is InChI=1S/C14H11N5OS2/c1-18-10-5-3-2-4-8(10)16-12(18)9-6-22-14(17-9)19-11(20)7-21-13(19)15/h2-6,15H,7H2,1H3. The van der Waals surface area contributed by atoms with Gasteiger partial charge in [-0.05, 0) is 12.1 Å². The van der Waals surface area contributed by atoms with Gasteiger partial charge in [0.2, 0.25) is 5.91 Å². The van der Waals surface area contributed by atoms with E-state index in [4.69, 9.17) is 5.41 Å². The highest BCUT2D eigenvalue weighted by Crippen LogP contribution is 2.32. The molecule has 22 heavy (non-hydrogen) atoms. The van der Waals surface area contributed by atoms with Gasteiger partial charge in [-0.1, -0.05) is 23.9 Å². The maximum Gasteiger partial charge on any atom is 0.245 e. The van der Waals surface area contributed by atoms with E-state index in [1.54, 1.807) is 0 Å². The van der Waals surface area contributed by atoms with Gasteiger partial charge in [0.25, 0.3) is 0 Å². The zero-order valence-corrected chi connectivity index (χ0v) is 13.2. The van der Waals surface area contributed by atoms with Crippen molar-refractivity contribution < 1.29 is 4.79 Å². The van der Waals surface area contributed by atoms with Crippen LogP contribution in [0.3, 0.4) is 0 Å². The SMILES string of the molecule is Cn1c(-c2csc(N3C(=N)SCC3=O)n2)nc2ccccc21. The Morgan fingerprint density at radius 3 is 2.82 bits per heavy atom. The minimum Gasteiger partial charge on any atom is -0.326 e. The lowest BCUT2D eigenvalue weighted by Gasteiger charge is -2.09. The van der Waals surface area contributed by atoms with Crippen LogP contribution in [0.5, 0.6) is 0 Å². The fourth-order valence-corrected chi connectivity index (χ4v) is 4.00. The molecule has 3 aromatic rings. The van der Waals surface area contributed by atoms with Crippen molar-refractivity contribution in [2.75, 3.05) is 10.7 Å². The first-order chi connectivity index (χ1) is 10.6. The Morgan fingerprint density at radius 2 is 2.09 bits per heavy atom. The summed E-state index contributed by atoms with van der Waals surface area (Å²) in [6.45, 7) is 0. The average molecular weight is 329 g/mol. The van der Waals surface area contributed by atoms with E-state index in [1.807, 2.05) is 41.3 Å². The number of para-hydroxylation sites is 2. The van der Waals surface area contributed by atoms with Crippen LogP contribution < -0.4 is 4.90 Å². The molecule has 0 aliphatic carbocycles. The summed E-state index contributed by atoms with van der Waals surface area (Å²) in [5, 5.41) is 10.5. The number of amides is 1. The van der Waals surface area contributed by atoms with Crippen molar-refractivity contribution in [1.29, 1.82) is 5.41 Å². The zero-order valence-electron chi connectivity index (χ0n) is 11.6. The summed E-state index contributed by atoms with van der Waals surface area (Å²) in [7, 11) is 1.95. The first kappa shape index (κ1) is 13.5. The average Bonchev–Trinajstić information content (AvgIpc) is 3.19. The highest BCUT2D eigenvalue weighted by Gasteiger charge is 2.31. The number of benzene rings is 1. The highest BCUT2D eigenvalue weighted by atomic mass is 32.2. The summed E-state index contributed by atoms with van der Waals surface area (Å²) in [6, 6.07) is 7.90. The number of fused-ring (bicyclic) bond motifs is 1. The number of thiazole rings is 1. The van der Waals surface area contributed by atoms with Crippen LogP contribution in [0.1, 0.15) is 0 Å². The van der Waals surface area contributed by atoms with Gasteiger partial charge in [-0.25, -0.2) is 14.9 Å². The topological polar surface area (TPSA) is 74.9 Å². The Hall–Kier alpha value is -2.19. The van der Waals surface area contributed by atoms with Crippen molar-refractivity contribution in [3.8, 4) is 11.5 Å². The Bertz CT molecular complexity index is 897. The van der Waals surface area contributed by atoms with E-state index in [0.29, 0.717) is 10.9 Å². The van der Waals surface area contributed by atoms with Crippen LogP contribution in [-0.4, -0.2) is 31.4 Å². The number of amidine groups is 1. The van der Waals surface area contributed by atoms with Gasteiger partial charge in [0.15, 0.2) is 16.1 Å². The second-order valence-corrected chi connectivity index (χ2v) is 6.62. The van der Waals surface area contributed by atoms with Crippen molar-refractivity contribution in [3.05, 3.63) is 29.6 Å². The van der Waals surface area contributed by atoms with E-state index in [2.05, 4.69) is 9.97 Å². The smallest absolute Gasteiger partial charge is 0.245 e. The summed E-state index contributed by atoms with van der Waals surface area (Å²) in [5.41, 5.74) is 2.67. The van der Waals surface area contributed by atoms with Gasteiger partial charge < -0.3 is 4.57 Å². The number of carbonyl (C=O) groups is 1. The number of hydrogen-bond acceptors (Lipinski definition) is 6. The molecule has 0 unspecified atom stereocenters. The van der Waals surface area contributed by atoms with Crippen LogP contribution in [0.25, 0.3) is 22.6 Å². The van der Waals surface area contributed by atoms with E-state index < -0.39 is 0 Å². The molecule has 0 radical (unpaired) electrons. The number of aryl methyl sites for hydroxylation is 1. The number of nitrogens with one attached hydrogen (secondary N) is 1. The molecule has 0 spiro atoms. The summed E-state index contributed by atoms with van der Waals surface area (Å²) in [4.78, 5) is 22.3. The molecule has 1 aliphatic heterocycles. The molecule has 0 bridgehead atoms. The van der Waals surface area contributed by atoms with E-state index in [-0.39, 0.29) is 11.1 Å². The normalized spacial score (nSPS) is 15.2. The van der Waals surface area contributed by atoms with E-state index in [1.165, 1.54) is 28.0 Å². The summed E-state index contributed by atoms with van der Waals surface area (Å²) >= 11 is 2.58. The number of nitrogens with zero attached hydrogens (tertiary/aromatic N) is 4. The number of rotatable bonds is 2. The molecule has 8 heteroatoms. The van der Waals surface area contributed by atoms with E-state index in [9.17, 15) is 4.79 Å².